The molecule has 0 aromatic carbocycles. The molecule has 0 aromatic heterocycles. The standard InChI is InChI=1S/C22H34O3/c1-14-4-7-20(2)15(12-14)13-18(23)19-16(20)5-8-21(3)17(19)6-9-22(21)24-10-11-25-22/h14-17,19H,4-13H2,1-3H3/t14-,15?,16?,17?,19?,20-,21-/m0/s1. The molecule has 0 amide bonds. The molecular formula is C22H34O3. The van der Waals surface area contributed by atoms with E-state index >= 15 is 0 Å². The SMILES string of the molecule is C[C@H]1CC[C@@]2(C)C(CC(=O)C3C2CC[C@@]2(C)C3CCC23OCCO3)C1. The summed E-state index contributed by atoms with van der Waals surface area (Å²) in [5.41, 5.74) is 0.422. The fraction of sp³-hybridized carbons (Fsp3) is 0.955. The van der Waals surface area contributed by atoms with Crippen LogP contribution in [-0.2, 0) is 14.3 Å². The largest absolute Gasteiger partial charge is 0.347 e. The van der Waals surface area contributed by atoms with Gasteiger partial charge in [0.05, 0.1) is 13.2 Å². The van der Waals surface area contributed by atoms with Crippen molar-refractivity contribution in [1.29, 1.82) is 0 Å². The van der Waals surface area contributed by atoms with E-state index in [4.69, 9.17) is 9.47 Å². The molecule has 0 N–H and O–H groups in total. The molecule has 1 heterocycles. The van der Waals surface area contributed by atoms with E-state index in [2.05, 4.69) is 20.8 Å². The lowest BCUT2D eigenvalue weighted by Crippen LogP contribution is -2.59. The van der Waals surface area contributed by atoms with Crippen LogP contribution in [0.5, 0.6) is 0 Å². The molecule has 25 heavy (non-hydrogen) atoms. The summed E-state index contributed by atoms with van der Waals surface area (Å²) in [5.74, 6) is 2.94. The summed E-state index contributed by atoms with van der Waals surface area (Å²) in [6.07, 6.45) is 9.25. The molecular weight excluding hydrogens is 312 g/mol. The van der Waals surface area contributed by atoms with Crippen molar-refractivity contribution in [3.63, 3.8) is 0 Å². The molecule has 5 aliphatic rings. The Hall–Kier alpha value is -0.410. The fourth-order valence-corrected chi connectivity index (χ4v) is 8.03. The minimum absolute atomic E-state index is 0.0332. The highest BCUT2D eigenvalue weighted by Crippen LogP contribution is 2.69. The van der Waals surface area contributed by atoms with Gasteiger partial charge in [-0.1, -0.05) is 27.2 Å². The van der Waals surface area contributed by atoms with E-state index in [1.54, 1.807) is 0 Å². The molecule has 3 nitrogen and oxygen atoms in total. The lowest BCUT2D eigenvalue weighted by Gasteiger charge is -2.60. The number of Topliss-reactive ketones (excluding diaryl/α,β-unsaturated/α-hetero) is 1. The monoisotopic (exact) mass is 346 g/mol. The summed E-state index contributed by atoms with van der Waals surface area (Å²) in [7, 11) is 0. The van der Waals surface area contributed by atoms with E-state index in [1.807, 2.05) is 0 Å². The van der Waals surface area contributed by atoms with Crippen LogP contribution in [0.2, 0.25) is 0 Å². The van der Waals surface area contributed by atoms with Crippen LogP contribution in [0.3, 0.4) is 0 Å². The molecule has 5 rings (SSSR count). The van der Waals surface area contributed by atoms with Crippen LogP contribution in [-0.4, -0.2) is 24.8 Å². The third-order valence-electron chi connectivity index (χ3n) is 9.53. The Morgan fingerprint density at radius 1 is 0.960 bits per heavy atom. The molecule has 1 aliphatic heterocycles. The molecule has 0 bridgehead atoms. The minimum atomic E-state index is -0.387. The number of ketones is 1. The van der Waals surface area contributed by atoms with Gasteiger partial charge in [0.1, 0.15) is 5.78 Å². The average molecular weight is 347 g/mol. The zero-order chi connectivity index (χ0) is 17.4. The first kappa shape index (κ1) is 16.7. The molecule has 1 spiro atoms. The highest BCUT2D eigenvalue weighted by Gasteiger charge is 2.68. The molecule has 0 radical (unpaired) electrons. The molecule has 7 atom stereocenters. The van der Waals surface area contributed by atoms with Gasteiger partial charge in [-0.15, -0.1) is 0 Å². The summed E-state index contributed by atoms with van der Waals surface area (Å²) in [6, 6.07) is 0. The molecule has 140 valence electrons. The number of rotatable bonds is 0. The molecule has 4 unspecified atom stereocenters. The van der Waals surface area contributed by atoms with Gasteiger partial charge in [0.15, 0.2) is 5.79 Å². The molecule has 4 aliphatic carbocycles. The maximum atomic E-state index is 13.3. The second-order valence-corrected chi connectivity index (χ2v) is 10.4. The Kier molecular flexibility index (Phi) is 3.56. The highest BCUT2D eigenvalue weighted by molar-refractivity contribution is 5.83. The van der Waals surface area contributed by atoms with E-state index < -0.39 is 0 Å². The first-order chi connectivity index (χ1) is 11.9. The van der Waals surface area contributed by atoms with E-state index in [0.717, 1.165) is 38.4 Å². The summed E-state index contributed by atoms with van der Waals surface area (Å²) in [4.78, 5) is 13.3. The number of carbonyl (C=O) groups excluding carboxylic acids is 1. The Balaban J connectivity index is 1.50. The summed E-state index contributed by atoms with van der Waals surface area (Å²) < 4.78 is 12.4. The fourth-order valence-electron chi connectivity index (χ4n) is 8.03. The van der Waals surface area contributed by atoms with E-state index in [0.29, 0.717) is 29.0 Å². The van der Waals surface area contributed by atoms with Gasteiger partial charge in [-0.05, 0) is 61.2 Å². The lowest BCUT2D eigenvalue weighted by molar-refractivity contribution is -0.245. The van der Waals surface area contributed by atoms with Gasteiger partial charge in [-0.25, -0.2) is 0 Å². The van der Waals surface area contributed by atoms with Gasteiger partial charge >= 0.3 is 0 Å². The molecule has 3 heteroatoms. The maximum absolute atomic E-state index is 13.3. The van der Waals surface area contributed by atoms with Crippen LogP contribution in [0.15, 0.2) is 0 Å². The molecule has 5 fully saturated rings. The topological polar surface area (TPSA) is 35.5 Å². The predicted octanol–water partition coefficient (Wildman–Crippen LogP) is 4.59. The van der Waals surface area contributed by atoms with Crippen molar-refractivity contribution in [1.82, 2.24) is 0 Å². The Morgan fingerprint density at radius 3 is 2.44 bits per heavy atom. The lowest BCUT2D eigenvalue weighted by atomic mass is 9.44. The maximum Gasteiger partial charge on any atom is 0.174 e. The van der Waals surface area contributed by atoms with Crippen LogP contribution in [0.4, 0.5) is 0 Å². The van der Waals surface area contributed by atoms with Crippen LogP contribution < -0.4 is 0 Å². The second kappa shape index (κ2) is 5.32. The first-order valence-corrected chi connectivity index (χ1v) is 10.7. The van der Waals surface area contributed by atoms with Crippen LogP contribution >= 0.6 is 0 Å². The normalized spacial score (nSPS) is 54.2. The first-order valence-electron chi connectivity index (χ1n) is 10.7. The number of fused-ring (bicyclic) bond motifs is 6. The number of hydrogen-bond donors (Lipinski definition) is 0. The van der Waals surface area contributed by atoms with Crippen molar-refractivity contribution in [2.75, 3.05) is 13.2 Å². The van der Waals surface area contributed by atoms with Gasteiger partial charge in [0.25, 0.3) is 0 Å². The summed E-state index contributed by atoms with van der Waals surface area (Å²) in [5, 5.41) is 0. The quantitative estimate of drug-likeness (QED) is 0.644. The van der Waals surface area contributed by atoms with Crippen LogP contribution in [0.25, 0.3) is 0 Å². The van der Waals surface area contributed by atoms with E-state index in [9.17, 15) is 4.79 Å². The van der Waals surface area contributed by atoms with Gasteiger partial charge in [-0.3, -0.25) is 4.79 Å². The summed E-state index contributed by atoms with van der Waals surface area (Å²) >= 11 is 0. The third-order valence-corrected chi connectivity index (χ3v) is 9.53. The highest BCUT2D eigenvalue weighted by atomic mass is 16.7. The van der Waals surface area contributed by atoms with E-state index in [-0.39, 0.29) is 17.1 Å². The smallest absolute Gasteiger partial charge is 0.174 e. The van der Waals surface area contributed by atoms with Gasteiger partial charge in [0.2, 0.25) is 0 Å². The molecule has 4 saturated carbocycles. The van der Waals surface area contributed by atoms with Gasteiger partial charge in [0, 0.05) is 24.2 Å². The van der Waals surface area contributed by atoms with Crippen molar-refractivity contribution in [2.45, 2.75) is 77.9 Å². The average Bonchev–Trinajstić information content (AvgIpc) is 3.17. The van der Waals surface area contributed by atoms with Crippen molar-refractivity contribution in [3.05, 3.63) is 0 Å². The van der Waals surface area contributed by atoms with Crippen molar-refractivity contribution >= 4 is 5.78 Å². The van der Waals surface area contributed by atoms with Crippen LogP contribution in [0.1, 0.15) is 72.1 Å². The molecule has 1 saturated heterocycles. The zero-order valence-corrected chi connectivity index (χ0v) is 16.2. The number of carbonyl (C=O) groups is 1. The van der Waals surface area contributed by atoms with Crippen molar-refractivity contribution in [3.8, 4) is 0 Å². The molecule has 0 aromatic rings. The van der Waals surface area contributed by atoms with Crippen molar-refractivity contribution in [2.24, 2.45) is 40.4 Å². The Bertz CT molecular complexity index is 580. The number of hydrogen-bond acceptors (Lipinski definition) is 3. The Labute approximate surface area is 152 Å². The third kappa shape index (κ3) is 2.03. The minimum Gasteiger partial charge on any atom is -0.347 e. The summed E-state index contributed by atoms with van der Waals surface area (Å²) in [6.45, 7) is 8.73. The van der Waals surface area contributed by atoms with Crippen molar-refractivity contribution < 1.29 is 14.3 Å². The van der Waals surface area contributed by atoms with Crippen LogP contribution in [0, 0.1) is 40.4 Å². The second-order valence-electron chi connectivity index (χ2n) is 10.4. The number of ether oxygens (including phenoxy) is 2. The predicted molar refractivity (Wildman–Crippen MR) is 95.9 cm³/mol. The van der Waals surface area contributed by atoms with Gasteiger partial charge in [-0.2, -0.15) is 0 Å². The Morgan fingerprint density at radius 2 is 1.68 bits per heavy atom. The van der Waals surface area contributed by atoms with E-state index in [1.165, 1.54) is 32.1 Å². The van der Waals surface area contributed by atoms with Gasteiger partial charge < -0.3 is 9.47 Å². The zero-order valence-electron chi connectivity index (χ0n) is 16.2.